The number of aryl methyl sites for hydroxylation is 1. The van der Waals surface area contributed by atoms with E-state index in [4.69, 9.17) is 5.73 Å². The first-order valence-electron chi connectivity index (χ1n) is 8.11. The summed E-state index contributed by atoms with van der Waals surface area (Å²) in [5, 5.41) is 13.1. The first kappa shape index (κ1) is 18.0. The molecule has 0 radical (unpaired) electrons. The summed E-state index contributed by atoms with van der Waals surface area (Å²) in [5.41, 5.74) is 9.73. The van der Waals surface area contributed by atoms with Crippen LogP contribution in [0.2, 0.25) is 0 Å². The maximum Gasteiger partial charge on any atom is 0.251 e. The van der Waals surface area contributed by atoms with Crippen molar-refractivity contribution in [2.24, 2.45) is 0 Å². The van der Waals surface area contributed by atoms with Gasteiger partial charge in [-0.3, -0.25) is 4.79 Å². The molecule has 1 unspecified atom stereocenters. The molecule has 1 amide bonds. The zero-order valence-corrected chi connectivity index (χ0v) is 14.8. The van der Waals surface area contributed by atoms with E-state index in [0.29, 0.717) is 11.3 Å². The van der Waals surface area contributed by atoms with Crippen molar-refractivity contribution in [2.45, 2.75) is 39.2 Å². The molecule has 2 rings (SSSR count). The maximum absolute atomic E-state index is 12.3. The Morgan fingerprint density at radius 1 is 1.17 bits per heavy atom. The third kappa shape index (κ3) is 4.36. The smallest absolute Gasteiger partial charge is 0.251 e. The van der Waals surface area contributed by atoms with Gasteiger partial charge in [-0.15, -0.1) is 0 Å². The van der Waals surface area contributed by atoms with Gasteiger partial charge in [0.2, 0.25) is 0 Å². The van der Waals surface area contributed by atoms with Crippen LogP contribution in [0.25, 0.3) is 0 Å². The van der Waals surface area contributed by atoms with Gasteiger partial charge in [-0.1, -0.05) is 51.1 Å². The van der Waals surface area contributed by atoms with E-state index >= 15 is 0 Å². The third-order valence-corrected chi connectivity index (χ3v) is 4.12. The average Bonchev–Trinajstić information content (AvgIpc) is 2.53. The number of aliphatic hydroxyl groups is 1. The predicted molar refractivity (Wildman–Crippen MR) is 98.0 cm³/mol. The van der Waals surface area contributed by atoms with Gasteiger partial charge in [0, 0.05) is 17.8 Å². The lowest BCUT2D eigenvalue weighted by Gasteiger charge is -2.20. The van der Waals surface area contributed by atoms with E-state index in [0.717, 1.165) is 11.1 Å². The number of nitrogens with two attached hydrogens (primary N) is 1. The predicted octanol–water partition coefficient (Wildman–Crippen LogP) is 3.34. The second kappa shape index (κ2) is 7.05. The van der Waals surface area contributed by atoms with E-state index in [9.17, 15) is 9.90 Å². The summed E-state index contributed by atoms with van der Waals surface area (Å²) in [7, 11) is 0. The lowest BCUT2D eigenvalue weighted by atomic mass is 9.86. The number of amides is 1. The van der Waals surface area contributed by atoms with Crippen LogP contribution in [0.15, 0.2) is 42.5 Å². The van der Waals surface area contributed by atoms with Crippen molar-refractivity contribution in [1.82, 2.24) is 5.32 Å². The van der Waals surface area contributed by atoms with Crippen molar-refractivity contribution in [3.05, 3.63) is 64.7 Å². The average molecular weight is 326 g/mol. The molecule has 0 saturated carbocycles. The first-order chi connectivity index (χ1) is 11.2. The van der Waals surface area contributed by atoms with Crippen LogP contribution in [0.1, 0.15) is 53.9 Å². The highest BCUT2D eigenvalue weighted by atomic mass is 16.3. The maximum atomic E-state index is 12.3. The third-order valence-electron chi connectivity index (χ3n) is 4.12. The highest BCUT2D eigenvalue weighted by molar-refractivity contribution is 5.96. The number of hydrogen-bond acceptors (Lipinski definition) is 3. The van der Waals surface area contributed by atoms with E-state index in [1.807, 2.05) is 37.3 Å². The molecule has 0 bridgehead atoms. The van der Waals surface area contributed by atoms with E-state index in [-0.39, 0.29) is 17.9 Å². The minimum absolute atomic E-state index is 0.0719. The number of hydrogen-bond donors (Lipinski definition) is 3. The molecule has 0 aliphatic heterocycles. The SMILES string of the molecule is Cc1ccc(N)cc1C(=O)NCC(O)c1ccc(C(C)(C)C)cc1. The molecule has 2 aromatic rings. The second-order valence-corrected chi connectivity index (χ2v) is 7.17. The lowest BCUT2D eigenvalue weighted by molar-refractivity contribution is 0.0915. The van der Waals surface area contributed by atoms with Crippen molar-refractivity contribution < 1.29 is 9.90 Å². The van der Waals surface area contributed by atoms with Gasteiger partial charge in [-0.2, -0.15) is 0 Å². The van der Waals surface area contributed by atoms with E-state index < -0.39 is 6.10 Å². The van der Waals surface area contributed by atoms with Crippen LogP contribution < -0.4 is 11.1 Å². The quantitative estimate of drug-likeness (QED) is 0.754. The highest BCUT2D eigenvalue weighted by Gasteiger charge is 2.16. The molecule has 4 N–H and O–H groups in total. The molecule has 0 aromatic heterocycles. The number of carbonyl (C=O) groups is 1. The van der Waals surface area contributed by atoms with Gasteiger partial charge in [0.05, 0.1) is 6.10 Å². The van der Waals surface area contributed by atoms with E-state index in [1.54, 1.807) is 12.1 Å². The summed E-state index contributed by atoms with van der Waals surface area (Å²) in [4.78, 5) is 12.3. The van der Waals surface area contributed by atoms with Crippen LogP contribution >= 0.6 is 0 Å². The molecule has 4 nitrogen and oxygen atoms in total. The minimum Gasteiger partial charge on any atom is -0.399 e. The number of aliphatic hydroxyl groups excluding tert-OH is 1. The normalized spacial score (nSPS) is 12.7. The standard InChI is InChI=1S/C20H26N2O2/c1-13-5-10-16(21)11-17(13)19(24)22-12-18(23)14-6-8-15(9-7-14)20(2,3)4/h5-11,18,23H,12,21H2,1-4H3,(H,22,24). The first-order valence-corrected chi connectivity index (χ1v) is 8.11. The Kier molecular flexibility index (Phi) is 5.30. The Hall–Kier alpha value is -2.33. The molecule has 0 aliphatic carbocycles. The van der Waals surface area contributed by atoms with Crippen LogP contribution in [0.5, 0.6) is 0 Å². The van der Waals surface area contributed by atoms with Gasteiger partial charge in [0.1, 0.15) is 0 Å². The van der Waals surface area contributed by atoms with Crippen molar-refractivity contribution in [1.29, 1.82) is 0 Å². The number of anilines is 1. The summed E-state index contributed by atoms with van der Waals surface area (Å²) in [5.74, 6) is -0.231. The van der Waals surface area contributed by atoms with E-state index in [1.165, 1.54) is 5.56 Å². The number of nitrogens with one attached hydrogen (secondary N) is 1. The summed E-state index contributed by atoms with van der Waals surface area (Å²) < 4.78 is 0. The van der Waals surface area contributed by atoms with Crippen molar-refractivity contribution in [3.63, 3.8) is 0 Å². The summed E-state index contributed by atoms with van der Waals surface area (Å²) >= 11 is 0. The zero-order valence-electron chi connectivity index (χ0n) is 14.8. The van der Waals surface area contributed by atoms with Crippen LogP contribution in [0.3, 0.4) is 0 Å². The van der Waals surface area contributed by atoms with Gasteiger partial charge in [-0.25, -0.2) is 0 Å². The van der Waals surface area contributed by atoms with Crippen LogP contribution in [-0.2, 0) is 5.41 Å². The van der Waals surface area contributed by atoms with Gasteiger partial charge in [0.15, 0.2) is 0 Å². The molecular formula is C20H26N2O2. The molecule has 1 atom stereocenters. The molecule has 2 aromatic carbocycles. The van der Waals surface area contributed by atoms with Crippen LogP contribution in [0.4, 0.5) is 5.69 Å². The molecule has 0 fully saturated rings. The Labute approximate surface area is 143 Å². The Balaban J connectivity index is 2.01. The van der Waals surface area contributed by atoms with Crippen molar-refractivity contribution >= 4 is 11.6 Å². The molecule has 0 saturated heterocycles. The number of rotatable bonds is 4. The Morgan fingerprint density at radius 2 is 1.79 bits per heavy atom. The fourth-order valence-corrected chi connectivity index (χ4v) is 2.49. The van der Waals surface area contributed by atoms with Crippen molar-refractivity contribution in [3.8, 4) is 0 Å². The highest BCUT2D eigenvalue weighted by Crippen LogP contribution is 2.24. The van der Waals surface area contributed by atoms with Crippen LogP contribution in [0, 0.1) is 6.92 Å². The fourth-order valence-electron chi connectivity index (χ4n) is 2.49. The molecule has 128 valence electrons. The van der Waals surface area contributed by atoms with Crippen LogP contribution in [-0.4, -0.2) is 17.6 Å². The summed E-state index contributed by atoms with van der Waals surface area (Å²) in [6.07, 6.45) is -0.746. The topological polar surface area (TPSA) is 75.4 Å². The van der Waals surface area contributed by atoms with Gasteiger partial charge in [0.25, 0.3) is 5.91 Å². The lowest BCUT2D eigenvalue weighted by Crippen LogP contribution is -2.29. The number of nitrogen functional groups attached to an aromatic ring is 1. The van der Waals surface area contributed by atoms with E-state index in [2.05, 4.69) is 26.1 Å². The van der Waals surface area contributed by atoms with Crippen molar-refractivity contribution in [2.75, 3.05) is 12.3 Å². The zero-order chi connectivity index (χ0) is 17.9. The molecular weight excluding hydrogens is 300 g/mol. The summed E-state index contributed by atoms with van der Waals surface area (Å²) in [6, 6.07) is 13.1. The monoisotopic (exact) mass is 326 g/mol. The summed E-state index contributed by atoms with van der Waals surface area (Å²) in [6.45, 7) is 8.45. The molecule has 0 spiro atoms. The molecule has 0 heterocycles. The van der Waals surface area contributed by atoms with Gasteiger partial charge in [-0.05, 0) is 41.2 Å². The molecule has 0 aliphatic rings. The second-order valence-electron chi connectivity index (χ2n) is 7.17. The van der Waals surface area contributed by atoms with Gasteiger partial charge >= 0.3 is 0 Å². The Morgan fingerprint density at radius 3 is 2.38 bits per heavy atom. The fraction of sp³-hybridized carbons (Fsp3) is 0.350. The largest absolute Gasteiger partial charge is 0.399 e. The molecule has 24 heavy (non-hydrogen) atoms. The number of carbonyl (C=O) groups excluding carboxylic acids is 1. The minimum atomic E-state index is -0.746. The molecule has 4 heteroatoms. The Bertz CT molecular complexity index is 715. The number of benzene rings is 2. The van der Waals surface area contributed by atoms with Gasteiger partial charge < -0.3 is 16.2 Å².